The third kappa shape index (κ3) is 3.47. The normalized spacial score (nSPS) is 16.2. The monoisotopic (exact) mass is 351 g/mol. The molecule has 0 saturated heterocycles. The van der Waals surface area contributed by atoms with Gasteiger partial charge in [-0.05, 0) is 47.9 Å². The maximum absolute atomic E-state index is 13.0. The van der Waals surface area contributed by atoms with E-state index in [0.29, 0.717) is 24.5 Å². The molecule has 0 fully saturated rings. The van der Waals surface area contributed by atoms with Crippen LogP contribution in [-0.4, -0.2) is 25.8 Å². The molecule has 0 amide bonds. The molecule has 0 aromatic heterocycles. The quantitative estimate of drug-likeness (QED) is 0.839. The molecule has 0 saturated carbocycles. The molecule has 2 aromatic rings. The molecule has 1 aliphatic heterocycles. The first-order chi connectivity index (χ1) is 11.0. The fraction of sp³-hybridized carbons (Fsp3) is 0.176. The first-order valence-corrected chi connectivity index (χ1v) is 8.99. The van der Waals surface area contributed by atoms with Gasteiger partial charge in [0, 0.05) is 18.1 Å². The Labute approximate surface area is 140 Å². The van der Waals surface area contributed by atoms with Gasteiger partial charge in [-0.15, -0.1) is 0 Å². The fourth-order valence-electron chi connectivity index (χ4n) is 2.57. The number of hydrogen-bond acceptors (Lipinski definition) is 2. The predicted octanol–water partition coefficient (Wildman–Crippen LogP) is 3.96. The van der Waals surface area contributed by atoms with Crippen LogP contribution in [0.2, 0.25) is 5.02 Å². The summed E-state index contributed by atoms with van der Waals surface area (Å²) >= 11 is 5.88. The van der Waals surface area contributed by atoms with Crippen LogP contribution in [0.4, 0.5) is 4.39 Å². The number of hydrogen-bond donors (Lipinski definition) is 0. The Hall–Kier alpha value is -1.69. The van der Waals surface area contributed by atoms with Crippen molar-refractivity contribution in [2.24, 2.45) is 0 Å². The Bertz CT molecular complexity index is 847. The van der Waals surface area contributed by atoms with Crippen LogP contribution < -0.4 is 0 Å². The van der Waals surface area contributed by atoms with Crippen molar-refractivity contribution in [1.29, 1.82) is 0 Å². The zero-order chi connectivity index (χ0) is 16.4. The van der Waals surface area contributed by atoms with Gasteiger partial charge in [0.25, 0.3) is 0 Å². The van der Waals surface area contributed by atoms with Gasteiger partial charge in [0.2, 0.25) is 10.0 Å². The molecule has 1 heterocycles. The Morgan fingerprint density at radius 1 is 1.09 bits per heavy atom. The van der Waals surface area contributed by atoms with E-state index in [4.69, 9.17) is 11.6 Å². The summed E-state index contributed by atoms with van der Waals surface area (Å²) in [4.78, 5) is 0.198. The molecule has 1 aliphatic rings. The molecular formula is C17H15ClFNO2S. The number of benzene rings is 2. The third-order valence-corrected chi connectivity index (χ3v) is 5.92. The topological polar surface area (TPSA) is 37.4 Å². The molecule has 3 nitrogen and oxygen atoms in total. The van der Waals surface area contributed by atoms with Crippen LogP contribution in [0.3, 0.4) is 0 Å². The lowest BCUT2D eigenvalue weighted by molar-refractivity contribution is 0.441. The second-order valence-corrected chi connectivity index (χ2v) is 7.68. The second-order valence-electron chi connectivity index (χ2n) is 5.31. The van der Waals surface area contributed by atoms with Gasteiger partial charge >= 0.3 is 0 Å². The lowest BCUT2D eigenvalue weighted by atomic mass is 10.0. The molecule has 2 aromatic carbocycles. The molecule has 3 rings (SSSR count). The number of halogens is 2. The highest BCUT2D eigenvalue weighted by molar-refractivity contribution is 7.89. The minimum Gasteiger partial charge on any atom is -0.207 e. The zero-order valence-corrected chi connectivity index (χ0v) is 13.8. The predicted molar refractivity (Wildman–Crippen MR) is 89.2 cm³/mol. The maximum atomic E-state index is 13.0. The van der Waals surface area contributed by atoms with Crippen molar-refractivity contribution in [3.63, 3.8) is 0 Å². The van der Waals surface area contributed by atoms with Crippen molar-refractivity contribution >= 4 is 27.2 Å². The average molecular weight is 352 g/mol. The van der Waals surface area contributed by atoms with E-state index < -0.39 is 10.0 Å². The Morgan fingerprint density at radius 3 is 2.43 bits per heavy atom. The van der Waals surface area contributed by atoms with Gasteiger partial charge in [0.1, 0.15) is 5.82 Å². The van der Waals surface area contributed by atoms with Crippen LogP contribution in [0.1, 0.15) is 12.0 Å². The fourth-order valence-corrected chi connectivity index (χ4v) is 4.25. The SMILES string of the molecule is O=S(=O)(c1cccc(Cl)c1)N1CC=C(c2ccc(F)cc2)CC1. The molecule has 0 spiro atoms. The highest BCUT2D eigenvalue weighted by atomic mass is 35.5. The number of nitrogens with zero attached hydrogens (tertiary/aromatic N) is 1. The smallest absolute Gasteiger partial charge is 0.207 e. The van der Waals surface area contributed by atoms with Gasteiger partial charge in [-0.2, -0.15) is 4.31 Å². The van der Waals surface area contributed by atoms with Gasteiger partial charge in [0.05, 0.1) is 4.90 Å². The third-order valence-electron chi connectivity index (χ3n) is 3.82. The average Bonchev–Trinajstić information content (AvgIpc) is 2.56. The van der Waals surface area contributed by atoms with Crippen molar-refractivity contribution in [1.82, 2.24) is 4.31 Å². The molecule has 0 bridgehead atoms. The zero-order valence-electron chi connectivity index (χ0n) is 12.2. The highest BCUT2D eigenvalue weighted by Crippen LogP contribution is 2.27. The van der Waals surface area contributed by atoms with Crippen molar-refractivity contribution in [2.45, 2.75) is 11.3 Å². The van der Waals surface area contributed by atoms with E-state index in [0.717, 1.165) is 11.1 Å². The summed E-state index contributed by atoms with van der Waals surface area (Å²) in [5.41, 5.74) is 1.95. The van der Waals surface area contributed by atoms with Crippen molar-refractivity contribution in [2.75, 3.05) is 13.1 Å². The van der Waals surface area contributed by atoms with E-state index in [1.807, 2.05) is 6.08 Å². The van der Waals surface area contributed by atoms with Crippen LogP contribution >= 0.6 is 11.6 Å². The minimum atomic E-state index is -3.55. The van der Waals surface area contributed by atoms with Crippen LogP contribution in [0.25, 0.3) is 5.57 Å². The Balaban J connectivity index is 1.81. The summed E-state index contributed by atoms with van der Waals surface area (Å²) in [5.74, 6) is -0.282. The van der Waals surface area contributed by atoms with Gasteiger partial charge in [0.15, 0.2) is 0 Å². The number of rotatable bonds is 3. The first-order valence-electron chi connectivity index (χ1n) is 7.17. The van der Waals surface area contributed by atoms with Crippen molar-refractivity contribution in [3.8, 4) is 0 Å². The molecular weight excluding hydrogens is 337 g/mol. The second kappa shape index (κ2) is 6.43. The van der Waals surface area contributed by atoms with Crippen LogP contribution in [0, 0.1) is 5.82 Å². The summed E-state index contributed by atoms with van der Waals surface area (Å²) in [6, 6.07) is 12.5. The summed E-state index contributed by atoms with van der Waals surface area (Å²) in [6.07, 6.45) is 2.46. The van der Waals surface area contributed by atoms with E-state index in [1.54, 1.807) is 30.3 Å². The number of sulfonamides is 1. The van der Waals surface area contributed by atoms with E-state index in [1.165, 1.54) is 22.5 Å². The molecule has 23 heavy (non-hydrogen) atoms. The van der Waals surface area contributed by atoms with Gasteiger partial charge in [-0.25, -0.2) is 12.8 Å². The summed E-state index contributed by atoms with van der Waals surface area (Å²) < 4.78 is 39.6. The molecule has 0 aliphatic carbocycles. The summed E-state index contributed by atoms with van der Waals surface area (Å²) in [7, 11) is -3.55. The largest absolute Gasteiger partial charge is 0.243 e. The Morgan fingerprint density at radius 2 is 1.83 bits per heavy atom. The summed E-state index contributed by atoms with van der Waals surface area (Å²) in [6.45, 7) is 0.680. The highest BCUT2D eigenvalue weighted by Gasteiger charge is 2.26. The molecule has 120 valence electrons. The van der Waals surface area contributed by atoms with Gasteiger partial charge in [-0.3, -0.25) is 0 Å². The molecule has 0 atom stereocenters. The Kier molecular flexibility index (Phi) is 4.53. The lowest BCUT2D eigenvalue weighted by Gasteiger charge is -2.26. The van der Waals surface area contributed by atoms with Crippen LogP contribution in [0.5, 0.6) is 0 Å². The van der Waals surface area contributed by atoms with Crippen molar-refractivity contribution < 1.29 is 12.8 Å². The molecule has 0 unspecified atom stereocenters. The summed E-state index contributed by atoms with van der Waals surface area (Å²) in [5, 5.41) is 0.394. The standard InChI is InChI=1S/C17H15ClFNO2S/c18-15-2-1-3-17(12-15)23(21,22)20-10-8-14(9-11-20)13-4-6-16(19)7-5-13/h1-8,12H,9-11H2. The maximum Gasteiger partial charge on any atom is 0.243 e. The van der Waals surface area contributed by atoms with Gasteiger partial charge in [-0.1, -0.05) is 35.9 Å². The van der Waals surface area contributed by atoms with E-state index in [2.05, 4.69) is 0 Å². The first kappa shape index (κ1) is 16.2. The minimum absolute atomic E-state index is 0.198. The molecule has 0 radical (unpaired) electrons. The molecule has 0 N–H and O–H groups in total. The lowest BCUT2D eigenvalue weighted by Crippen LogP contribution is -2.34. The van der Waals surface area contributed by atoms with E-state index in [9.17, 15) is 12.8 Å². The van der Waals surface area contributed by atoms with E-state index >= 15 is 0 Å². The van der Waals surface area contributed by atoms with Crippen LogP contribution in [-0.2, 0) is 10.0 Å². The van der Waals surface area contributed by atoms with Crippen molar-refractivity contribution in [3.05, 3.63) is 71.0 Å². The van der Waals surface area contributed by atoms with E-state index in [-0.39, 0.29) is 10.7 Å². The molecule has 6 heteroatoms. The van der Waals surface area contributed by atoms with Gasteiger partial charge < -0.3 is 0 Å². The van der Waals surface area contributed by atoms with Crippen LogP contribution in [0.15, 0.2) is 59.5 Å².